The Labute approximate surface area is 129 Å². The van der Waals surface area contributed by atoms with E-state index in [9.17, 15) is 14.3 Å². The molecule has 114 valence electrons. The van der Waals surface area contributed by atoms with Crippen LogP contribution in [0, 0.1) is 5.82 Å². The van der Waals surface area contributed by atoms with Gasteiger partial charge in [-0.3, -0.25) is 4.79 Å². The highest BCUT2D eigenvalue weighted by molar-refractivity contribution is 7.24. The van der Waals surface area contributed by atoms with E-state index in [1.165, 1.54) is 17.4 Å². The number of rotatable bonds is 4. The Morgan fingerprint density at radius 1 is 1.18 bits per heavy atom. The molecule has 2 N–H and O–H groups in total. The van der Waals surface area contributed by atoms with Gasteiger partial charge in [-0.25, -0.2) is 4.39 Å². The Morgan fingerprint density at radius 2 is 1.95 bits per heavy atom. The highest BCUT2D eigenvalue weighted by Gasteiger charge is 2.15. The number of benzene rings is 2. The average Bonchev–Trinajstić information content (AvgIpc) is 2.54. The van der Waals surface area contributed by atoms with Crippen molar-refractivity contribution in [3.63, 3.8) is 0 Å². The van der Waals surface area contributed by atoms with Gasteiger partial charge in [-0.1, -0.05) is 12.1 Å². The Kier molecular flexibility index (Phi) is 4.06. The molecule has 3 rings (SSSR count). The number of hydrogen-bond donors (Lipinski definition) is 2. The third kappa shape index (κ3) is 2.56. The minimum Gasteiger partial charge on any atom is -0.488 e. The largest absolute Gasteiger partial charge is 0.488 e. The van der Waals surface area contributed by atoms with Crippen molar-refractivity contribution in [3.05, 3.63) is 52.4 Å². The first-order valence-electron chi connectivity index (χ1n) is 6.67. The molecule has 1 aromatic heterocycles. The monoisotopic (exact) mass is 320 g/mol. The van der Waals surface area contributed by atoms with Crippen LogP contribution < -0.4 is 10.2 Å². The number of aliphatic hydroxyl groups is 2. The van der Waals surface area contributed by atoms with Gasteiger partial charge >= 0.3 is 0 Å². The lowest BCUT2D eigenvalue weighted by molar-refractivity contribution is 0.0524. The normalized spacial score (nSPS) is 12.7. The second-order valence-electron chi connectivity index (χ2n) is 4.83. The van der Waals surface area contributed by atoms with Crippen molar-refractivity contribution in [1.82, 2.24) is 0 Å². The van der Waals surface area contributed by atoms with Crippen LogP contribution in [0.4, 0.5) is 4.39 Å². The van der Waals surface area contributed by atoms with Crippen LogP contribution in [0.2, 0.25) is 0 Å². The number of hydrogen-bond acceptors (Lipinski definition) is 5. The van der Waals surface area contributed by atoms with Crippen LogP contribution >= 0.6 is 11.3 Å². The minimum absolute atomic E-state index is 0.0142. The van der Waals surface area contributed by atoms with E-state index in [1.807, 2.05) is 12.1 Å². The highest BCUT2D eigenvalue weighted by atomic mass is 32.1. The lowest BCUT2D eigenvalue weighted by atomic mass is 10.1. The summed E-state index contributed by atoms with van der Waals surface area (Å²) in [5.41, 5.74) is -0.380. The first-order chi connectivity index (χ1) is 10.6. The highest BCUT2D eigenvalue weighted by Crippen LogP contribution is 2.30. The summed E-state index contributed by atoms with van der Waals surface area (Å²) in [4.78, 5) is 12.5. The zero-order valence-corrected chi connectivity index (χ0v) is 12.3. The fraction of sp³-hybridized carbons (Fsp3) is 0.188. The van der Waals surface area contributed by atoms with Crippen molar-refractivity contribution in [2.24, 2.45) is 0 Å². The molecule has 2 aromatic carbocycles. The molecule has 0 radical (unpaired) electrons. The molecule has 3 aromatic rings. The van der Waals surface area contributed by atoms with Gasteiger partial charge in [0.1, 0.15) is 12.7 Å². The van der Waals surface area contributed by atoms with Crippen molar-refractivity contribution >= 4 is 31.5 Å². The number of aliphatic hydroxyl groups excluding tert-OH is 2. The summed E-state index contributed by atoms with van der Waals surface area (Å²) >= 11 is 1.33. The molecule has 0 bridgehead atoms. The molecule has 0 saturated carbocycles. The van der Waals surface area contributed by atoms with Gasteiger partial charge in [0.05, 0.1) is 12.0 Å². The number of halogens is 1. The maximum atomic E-state index is 14.5. The molecule has 0 aliphatic rings. The maximum absolute atomic E-state index is 14.5. The first kappa shape index (κ1) is 14.9. The van der Waals surface area contributed by atoms with Gasteiger partial charge in [-0.15, -0.1) is 11.3 Å². The van der Waals surface area contributed by atoms with Crippen LogP contribution in [0.1, 0.15) is 0 Å². The molecule has 0 fully saturated rings. The van der Waals surface area contributed by atoms with Gasteiger partial charge in [0.15, 0.2) is 17.0 Å². The minimum atomic E-state index is -1.10. The Hall–Kier alpha value is -2.02. The smallest absolute Gasteiger partial charge is 0.198 e. The van der Waals surface area contributed by atoms with Gasteiger partial charge in [-0.2, -0.15) is 0 Å². The predicted octanol–water partition coefficient (Wildman–Crippen LogP) is 2.29. The van der Waals surface area contributed by atoms with Gasteiger partial charge in [-0.05, 0) is 24.3 Å². The van der Waals surface area contributed by atoms with Crippen molar-refractivity contribution in [2.75, 3.05) is 13.2 Å². The second kappa shape index (κ2) is 6.00. The quantitative estimate of drug-likeness (QED) is 0.724. The van der Waals surface area contributed by atoms with E-state index >= 15 is 0 Å². The van der Waals surface area contributed by atoms with E-state index in [4.69, 9.17) is 9.84 Å². The van der Waals surface area contributed by atoms with E-state index in [-0.39, 0.29) is 23.2 Å². The van der Waals surface area contributed by atoms with E-state index in [1.54, 1.807) is 18.2 Å². The molecule has 6 heteroatoms. The van der Waals surface area contributed by atoms with Gasteiger partial charge in [0, 0.05) is 14.8 Å². The molecule has 4 nitrogen and oxygen atoms in total. The molecule has 0 aliphatic heterocycles. The zero-order valence-electron chi connectivity index (χ0n) is 11.5. The summed E-state index contributed by atoms with van der Waals surface area (Å²) in [6, 6.07) is 10.1. The molecule has 0 amide bonds. The topological polar surface area (TPSA) is 66.8 Å². The van der Waals surface area contributed by atoms with Crippen LogP contribution in [0.25, 0.3) is 20.2 Å². The Bertz CT molecular complexity index is 890. The van der Waals surface area contributed by atoms with Crippen LogP contribution in [-0.4, -0.2) is 29.5 Å². The zero-order chi connectivity index (χ0) is 15.7. The second-order valence-corrected chi connectivity index (χ2v) is 5.91. The van der Waals surface area contributed by atoms with Crippen molar-refractivity contribution in [2.45, 2.75) is 6.10 Å². The Morgan fingerprint density at radius 3 is 2.73 bits per heavy atom. The molecule has 1 atom stereocenters. The third-order valence-corrected chi connectivity index (χ3v) is 4.42. The average molecular weight is 320 g/mol. The number of ether oxygens (including phenoxy) is 1. The van der Waals surface area contributed by atoms with E-state index in [0.717, 1.165) is 4.70 Å². The summed E-state index contributed by atoms with van der Waals surface area (Å²) in [5.74, 6) is -0.853. The van der Waals surface area contributed by atoms with Crippen LogP contribution in [-0.2, 0) is 0 Å². The molecule has 1 unspecified atom stereocenters. The standard InChI is InChI=1S/C16H13FO4S/c17-15-11(21-8-9(19)7-18)5-6-13-14(15)16(20)10-3-1-2-4-12(10)22-13/h1-6,9,18-19H,7-8H2. The summed E-state index contributed by atoms with van der Waals surface area (Å²) in [6.45, 7) is -0.723. The molecule has 0 spiro atoms. The third-order valence-electron chi connectivity index (χ3n) is 3.29. The van der Waals surface area contributed by atoms with E-state index in [2.05, 4.69) is 0 Å². The summed E-state index contributed by atoms with van der Waals surface area (Å²) in [5, 5.41) is 18.5. The lowest BCUT2D eigenvalue weighted by Gasteiger charge is -2.11. The van der Waals surface area contributed by atoms with Crippen LogP contribution in [0.15, 0.2) is 41.2 Å². The van der Waals surface area contributed by atoms with Crippen molar-refractivity contribution in [3.8, 4) is 5.75 Å². The maximum Gasteiger partial charge on any atom is 0.198 e. The van der Waals surface area contributed by atoms with E-state index in [0.29, 0.717) is 10.1 Å². The molecule has 0 aliphatic carbocycles. The number of fused-ring (bicyclic) bond motifs is 2. The van der Waals surface area contributed by atoms with Crippen LogP contribution in [0.5, 0.6) is 5.75 Å². The first-order valence-corrected chi connectivity index (χ1v) is 7.49. The molecule has 22 heavy (non-hydrogen) atoms. The Balaban J connectivity index is 2.15. The predicted molar refractivity (Wildman–Crippen MR) is 84.1 cm³/mol. The summed E-state index contributed by atoms with van der Waals surface area (Å²) in [6.07, 6.45) is -1.10. The van der Waals surface area contributed by atoms with Gasteiger partial charge in [0.25, 0.3) is 0 Å². The lowest BCUT2D eigenvalue weighted by Crippen LogP contribution is -2.21. The molecular formula is C16H13FO4S. The fourth-order valence-electron chi connectivity index (χ4n) is 2.18. The van der Waals surface area contributed by atoms with Gasteiger partial charge < -0.3 is 14.9 Å². The van der Waals surface area contributed by atoms with Crippen molar-refractivity contribution in [1.29, 1.82) is 0 Å². The molecular weight excluding hydrogens is 307 g/mol. The van der Waals surface area contributed by atoms with Crippen molar-refractivity contribution < 1.29 is 19.3 Å². The SMILES string of the molecule is O=c1c2ccccc2sc2ccc(OCC(O)CO)c(F)c12. The summed E-state index contributed by atoms with van der Waals surface area (Å²) < 4.78 is 21.0. The molecule has 1 heterocycles. The van der Waals surface area contributed by atoms with E-state index < -0.39 is 18.5 Å². The van der Waals surface area contributed by atoms with Gasteiger partial charge in [0.2, 0.25) is 0 Å². The van der Waals surface area contributed by atoms with Crippen LogP contribution in [0.3, 0.4) is 0 Å². The summed E-state index contributed by atoms with van der Waals surface area (Å²) in [7, 11) is 0. The fourth-order valence-corrected chi connectivity index (χ4v) is 3.26. The molecule has 0 saturated heterocycles.